The topological polar surface area (TPSA) is 82.3 Å². The van der Waals surface area contributed by atoms with E-state index in [1.54, 1.807) is 24.3 Å². The van der Waals surface area contributed by atoms with Crippen LogP contribution in [-0.2, 0) is 9.59 Å². The second kappa shape index (κ2) is 10.5. The van der Waals surface area contributed by atoms with Crippen molar-refractivity contribution in [1.82, 2.24) is 16.2 Å². The predicted octanol–water partition coefficient (Wildman–Crippen LogP) is 2.45. The third kappa shape index (κ3) is 7.94. The van der Waals surface area contributed by atoms with E-state index >= 15 is 0 Å². The molecule has 2 amide bonds. The normalized spacial score (nSPS) is 14.0. The zero-order chi connectivity index (χ0) is 18.1. The summed E-state index contributed by atoms with van der Waals surface area (Å²) >= 11 is 12.1. The van der Waals surface area contributed by atoms with Crippen LogP contribution in [0.5, 0.6) is 0 Å². The van der Waals surface area contributed by atoms with E-state index in [1.165, 1.54) is 24.6 Å². The highest BCUT2D eigenvalue weighted by molar-refractivity contribution is 8.00. The van der Waals surface area contributed by atoms with Gasteiger partial charge in [0.25, 0.3) is 0 Å². The van der Waals surface area contributed by atoms with Gasteiger partial charge in [0.2, 0.25) is 11.8 Å². The van der Waals surface area contributed by atoms with E-state index in [4.69, 9.17) is 23.8 Å². The minimum atomic E-state index is -0.236. The molecule has 0 aliphatic heterocycles. The van der Waals surface area contributed by atoms with Crippen LogP contribution in [0.15, 0.2) is 24.3 Å². The molecule has 0 heterocycles. The molecular weight excluding hydrogens is 380 g/mol. The van der Waals surface area contributed by atoms with Crippen molar-refractivity contribution in [1.29, 1.82) is 0 Å². The first kappa shape index (κ1) is 19.8. The molecule has 0 radical (unpaired) electrons. The van der Waals surface area contributed by atoms with Crippen molar-refractivity contribution in [3.8, 4) is 0 Å². The molecule has 1 aliphatic rings. The number of carbonyl (C=O) groups is 2. The number of hydrazine groups is 1. The lowest BCUT2D eigenvalue weighted by atomic mass is 10.3. The third-order valence-corrected chi connectivity index (χ3v) is 5.00. The van der Waals surface area contributed by atoms with E-state index in [9.17, 15) is 9.59 Å². The number of thiocarbonyl (C=S) groups is 1. The summed E-state index contributed by atoms with van der Waals surface area (Å²) in [6, 6.07) is 7.24. The maximum absolute atomic E-state index is 11.8. The van der Waals surface area contributed by atoms with Gasteiger partial charge in [-0.1, -0.05) is 24.4 Å². The summed E-state index contributed by atoms with van der Waals surface area (Å²) in [5.74, 6) is -0.0696. The zero-order valence-corrected chi connectivity index (χ0v) is 16.0. The van der Waals surface area contributed by atoms with Crippen molar-refractivity contribution in [2.24, 2.45) is 0 Å². The highest BCUT2D eigenvalue weighted by Gasteiger charge is 2.15. The molecule has 0 atom stereocenters. The van der Waals surface area contributed by atoms with Gasteiger partial charge in [-0.05, 0) is 49.3 Å². The van der Waals surface area contributed by atoms with Gasteiger partial charge in [0, 0.05) is 16.8 Å². The Balaban J connectivity index is 1.55. The van der Waals surface area contributed by atoms with E-state index in [0.29, 0.717) is 21.9 Å². The number of carbonyl (C=O) groups excluding carboxylic acids is 2. The molecule has 25 heavy (non-hydrogen) atoms. The number of amides is 2. The average Bonchev–Trinajstić information content (AvgIpc) is 3.08. The summed E-state index contributed by atoms with van der Waals surface area (Å²) in [5, 5.41) is 6.93. The maximum atomic E-state index is 11.8. The Bertz CT molecular complexity index is 607. The predicted molar refractivity (Wildman–Crippen MR) is 107 cm³/mol. The fourth-order valence-electron chi connectivity index (χ4n) is 2.42. The number of thioether (sulfide) groups is 1. The minimum Gasteiger partial charge on any atom is -0.359 e. The SMILES string of the molecule is O=C(CSCC(=O)Nc1ccc(Cl)cc1)NNC(=S)NC1CCCC1. The van der Waals surface area contributed by atoms with Gasteiger partial charge in [-0.2, -0.15) is 0 Å². The first-order valence-corrected chi connectivity index (χ1v) is 9.95. The molecule has 1 aliphatic carbocycles. The molecule has 0 unspecified atom stereocenters. The van der Waals surface area contributed by atoms with Gasteiger partial charge in [-0.15, -0.1) is 11.8 Å². The second-order valence-electron chi connectivity index (χ2n) is 5.68. The van der Waals surface area contributed by atoms with Gasteiger partial charge in [-0.25, -0.2) is 0 Å². The molecule has 4 N–H and O–H groups in total. The third-order valence-electron chi connectivity index (χ3n) is 3.60. The standard InChI is InChI=1S/C16H21ClN4O2S2/c17-11-5-7-13(8-6-11)18-14(22)9-25-10-15(23)20-21-16(24)19-12-3-1-2-4-12/h5-8,12H,1-4,9-10H2,(H,18,22)(H,20,23)(H2,19,21,24). The number of hydrogen-bond donors (Lipinski definition) is 4. The fraction of sp³-hybridized carbons (Fsp3) is 0.438. The van der Waals surface area contributed by atoms with E-state index in [1.807, 2.05) is 0 Å². The van der Waals surface area contributed by atoms with Gasteiger partial charge >= 0.3 is 0 Å². The van der Waals surface area contributed by atoms with Gasteiger partial charge in [0.05, 0.1) is 11.5 Å². The Morgan fingerprint density at radius 1 is 1.08 bits per heavy atom. The summed E-state index contributed by atoms with van der Waals surface area (Å²) < 4.78 is 0. The lowest BCUT2D eigenvalue weighted by Crippen LogP contribution is -2.49. The van der Waals surface area contributed by atoms with Gasteiger partial charge in [0.1, 0.15) is 0 Å². The highest BCUT2D eigenvalue weighted by Crippen LogP contribution is 2.17. The van der Waals surface area contributed by atoms with Crippen molar-refractivity contribution >= 4 is 58.2 Å². The molecule has 0 aromatic heterocycles. The maximum Gasteiger partial charge on any atom is 0.248 e. The molecule has 0 bridgehead atoms. The number of nitrogens with one attached hydrogen (secondary N) is 4. The molecule has 1 aromatic rings. The Kier molecular flexibility index (Phi) is 8.30. The summed E-state index contributed by atoms with van der Waals surface area (Å²) in [7, 11) is 0. The average molecular weight is 401 g/mol. The molecule has 1 fully saturated rings. The highest BCUT2D eigenvalue weighted by atomic mass is 35.5. The Morgan fingerprint density at radius 2 is 1.72 bits per heavy atom. The van der Waals surface area contributed by atoms with Crippen molar-refractivity contribution < 1.29 is 9.59 Å². The number of anilines is 1. The van der Waals surface area contributed by atoms with Gasteiger partial charge < -0.3 is 10.6 Å². The molecule has 6 nitrogen and oxygen atoms in total. The quantitative estimate of drug-likeness (QED) is 0.433. The van der Waals surface area contributed by atoms with Gasteiger partial charge in [-0.3, -0.25) is 20.4 Å². The van der Waals surface area contributed by atoms with Crippen molar-refractivity contribution in [2.75, 3.05) is 16.8 Å². The van der Waals surface area contributed by atoms with E-state index in [-0.39, 0.29) is 23.3 Å². The molecule has 1 aromatic carbocycles. The van der Waals surface area contributed by atoms with Crippen LogP contribution in [0.2, 0.25) is 5.02 Å². The first-order valence-electron chi connectivity index (χ1n) is 8.01. The lowest BCUT2D eigenvalue weighted by molar-refractivity contribution is -0.119. The number of halogens is 1. The lowest BCUT2D eigenvalue weighted by Gasteiger charge is -2.16. The van der Waals surface area contributed by atoms with E-state index < -0.39 is 0 Å². The van der Waals surface area contributed by atoms with Crippen molar-refractivity contribution in [3.05, 3.63) is 29.3 Å². The second-order valence-corrected chi connectivity index (χ2v) is 7.51. The minimum absolute atomic E-state index is 0.160. The molecule has 1 saturated carbocycles. The molecular formula is C16H21ClN4O2S2. The molecule has 0 saturated heterocycles. The largest absolute Gasteiger partial charge is 0.359 e. The zero-order valence-electron chi connectivity index (χ0n) is 13.6. The summed E-state index contributed by atoms with van der Waals surface area (Å²) in [4.78, 5) is 23.5. The molecule has 0 spiro atoms. The van der Waals surface area contributed by atoms with Crippen LogP contribution in [0.25, 0.3) is 0 Å². The van der Waals surface area contributed by atoms with E-state index in [0.717, 1.165) is 12.8 Å². The van der Waals surface area contributed by atoms with Crippen molar-refractivity contribution in [3.63, 3.8) is 0 Å². The Hall–Kier alpha value is -1.51. The molecule has 2 rings (SSSR count). The fourth-order valence-corrected chi connectivity index (χ4v) is 3.38. The van der Waals surface area contributed by atoms with Crippen LogP contribution in [0, 0.1) is 0 Å². The van der Waals surface area contributed by atoms with Crippen LogP contribution in [0.3, 0.4) is 0 Å². The van der Waals surface area contributed by atoms with Crippen LogP contribution < -0.4 is 21.5 Å². The summed E-state index contributed by atoms with van der Waals surface area (Å²) in [5.41, 5.74) is 5.88. The Labute approximate surface area is 161 Å². The van der Waals surface area contributed by atoms with Crippen LogP contribution >= 0.6 is 35.6 Å². The molecule has 136 valence electrons. The smallest absolute Gasteiger partial charge is 0.248 e. The molecule has 9 heteroatoms. The number of benzene rings is 1. The summed E-state index contributed by atoms with van der Waals surface area (Å²) in [6.45, 7) is 0. The Morgan fingerprint density at radius 3 is 2.40 bits per heavy atom. The monoisotopic (exact) mass is 400 g/mol. The first-order chi connectivity index (χ1) is 12.0. The number of rotatable bonds is 6. The van der Waals surface area contributed by atoms with Crippen LogP contribution in [0.1, 0.15) is 25.7 Å². The van der Waals surface area contributed by atoms with Crippen LogP contribution in [-0.4, -0.2) is 34.5 Å². The van der Waals surface area contributed by atoms with Gasteiger partial charge in [0.15, 0.2) is 5.11 Å². The summed E-state index contributed by atoms with van der Waals surface area (Å²) in [6.07, 6.45) is 4.63. The number of hydrogen-bond acceptors (Lipinski definition) is 4. The van der Waals surface area contributed by atoms with Crippen LogP contribution in [0.4, 0.5) is 5.69 Å². The van der Waals surface area contributed by atoms with E-state index in [2.05, 4.69) is 21.5 Å². The van der Waals surface area contributed by atoms with Crippen molar-refractivity contribution in [2.45, 2.75) is 31.7 Å².